The van der Waals surface area contributed by atoms with Gasteiger partial charge in [0.25, 0.3) is 0 Å². The van der Waals surface area contributed by atoms with Crippen LogP contribution in [0.15, 0.2) is 36.4 Å². The van der Waals surface area contributed by atoms with E-state index in [0.29, 0.717) is 5.75 Å². The molecule has 0 aliphatic heterocycles. The molecule has 0 spiro atoms. The summed E-state index contributed by atoms with van der Waals surface area (Å²) in [5, 5.41) is 21.1. The first kappa shape index (κ1) is 19.9. The first-order valence-electron chi connectivity index (χ1n) is 10.5. The molecule has 0 aromatic heterocycles. The Bertz CT molecular complexity index is 796. The van der Waals surface area contributed by atoms with Crippen molar-refractivity contribution in [2.75, 3.05) is 0 Å². The van der Waals surface area contributed by atoms with E-state index in [1.807, 2.05) is 13.0 Å². The predicted molar refractivity (Wildman–Crippen MR) is 112 cm³/mol. The highest BCUT2D eigenvalue weighted by atomic mass is 16.3. The third kappa shape index (κ3) is 3.52. The quantitative estimate of drug-likeness (QED) is 0.655. The number of benzene rings is 2. The number of phenolic OH excluding ortho intramolecular Hbond substituents is 1. The lowest BCUT2D eigenvalue weighted by Crippen LogP contribution is -2.30. The smallest absolute Gasteiger partial charge is 0.118 e. The summed E-state index contributed by atoms with van der Waals surface area (Å²) >= 11 is 0. The van der Waals surface area contributed by atoms with E-state index in [0.717, 1.165) is 49.7 Å². The fourth-order valence-electron chi connectivity index (χ4n) is 5.08. The fourth-order valence-corrected chi connectivity index (χ4v) is 5.08. The maximum absolute atomic E-state index is 11.2. The van der Waals surface area contributed by atoms with Gasteiger partial charge >= 0.3 is 0 Å². The van der Waals surface area contributed by atoms with Gasteiger partial charge in [-0.2, -0.15) is 0 Å². The Hall–Kier alpha value is -1.80. The lowest BCUT2D eigenvalue weighted by Gasteiger charge is -2.37. The Balaban J connectivity index is 2.06. The van der Waals surface area contributed by atoms with E-state index in [1.54, 1.807) is 0 Å². The van der Waals surface area contributed by atoms with Crippen molar-refractivity contribution in [1.82, 2.24) is 0 Å². The molecule has 3 rings (SSSR count). The third-order valence-electron chi connectivity index (χ3n) is 6.92. The molecule has 0 radical (unpaired) electrons. The molecule has 2 aromatic carbocycles. The van der Waals surface area contributed by atoms with E-state index < -0.39 is 5.60 Å². The first-order valence-corrected chi connectivity index (χ1v) is 10.5. The molecule has 146 valence electrons. The van der Waals surface area contributed by atoms with Crippen LogP contribution >= 0.6 is 0 Å². The average molecular weight is 367 g/mol. The van der Waals surface area contributed by atoms with Crippen LogP contribution in [0.1, 0.15) is 86.6 Å². The normalized spacial score (nSPS) is 17.1. The van der Waals surface area contributed by atoms with Crippen molar-refractivity contribution >= 4 is 0 Å². The Morgan fingerprint density at radius 1 is 0.852 bits per heavy atom. The summed E-state index contributed by atoms with van der Waals surface area (Å²) < 4.78 is 0. The van der Waals surface area contributed by atoms with Gasteiger partial charge in [0.1, 0.15) is 5.75 Å². The van der Waals surface area contributed by atoms with Crippen molar-refractivity contribution in [3.8, 4) is 5.75 Å². The molecule has 0 bridgehead atoms. The highest BCUT2D eigenvalue weighted by molar-refractivity contribution is 5.47. The molecule has 1 aliphatic rings. The van der Waals surface area contributed by atoms with Gasteiger partial charge in [-0.15, -0.1) is 0 Å². The standard InChI is InChI=1S/C25H34O2/c1-5-24(6-2,21-11-13-23(26)19(4)17-21)20-10-12-22(18(3)16-20)25(27)14-8-7-9-15-25/h10-13,16-17,26-27H,5-9,14-15H2,1-4H3. The van der Waals surface area contributed by atoms with Crippen molar-refractivity contribution in [1.29, 1.82) is 0 Å². The van der Waals surface area contributed by atoms with E-state index in [4.69, 9.17) is 0 Å². The molecular formula is C25H34O2. The summed E-state index contributed by atoms with van der Waals surface area (Å²) in [6, 6.07) is 12.7. The Morgan fingerprint density at radius 2 is 1.41 bits per heavy atom. The lowest BCUT2D eigenvalue weighted by atomic mass is 9.69. The van der Waals surface area contributed by atoms with Crippen LogP contribution in [0.2, 0.25) is 0 Å². The van der Waals surface area contributed by atoms with Gasteiger partial charge < -0.3 is 10.2 Å². The summed E-state index contributed by atoms with van der Waals surface area (Å²) in [4.78, 5) is 0. The second-order valence-electron chi connectivity index (χ2n) is 8.41. The van der Waals surface area contributed by atoms with E-state index in [9.17, 15) is 10.2 Å². The molecular weight excluding hydrogens is 332 g/mol. The minimum atomic E-state index is -0.656. The van der Waals surface area contributed by atoms with Crippen LogP contribution in [0.4, 0.5) is 0 Å². The van der Waals surface area contributed by atoms with Crippen molar-refractivity contribution < 1.29 is 10.2 Å². The number of hydrogen-bond acceptors (Lipinski definition) is 2. The molecule has 0 atom stereocenters. The van der Waals surface area contributed by atoms with Crippen molar-refractivity contribution in [2.45, 2.75) is 83.7 Å². The van der Waals surface area contributed by atoms with Gasteiger partial charge in [-0.05, 0) is 73.4 Å². The second-order valence-corrected chi connectivity index (χ2v) is 8.41. The maximum Gasteiger partial charge on any atom is 0.118 e. The number of rotatable bonds is 5. The Morgan fingerprint density at radius 3 is 1.93 bits per heavy atom. The molecule has 2 heteroatoms. The zero-order valence-corrected chi connectivity index (χ0v) is 17.3. The summed E-state index contributed by atoms with van der Waals surface area (Å²) in [6.45, 7) is 8.58. The summed E-state index contributed by atoms with van der Waals surface area (Å²) in [5.41, 5.74) is 5.05. The molecule has 1 aliphatic carbocycles. The first-order chi connectivity index (χ1) is 12.9. The second kappa shape index (κ2) is 7.67. The van der Waals surface area contributed by atoms with Crippen LogP contribution < -0.4 is 0 Å². The van der Waals surface area contributed by atoms with Gasteiger partial charge in [0, 0.05) is 5.41 Å². The molecule has 2 nitrogen and oxygen atoms in total. The number of aliphatic hydroxyl groups is 1. The number of hydrogen-bond donors (Lipinski definition) is 2. The van der Waals surface area contributed by atoms with E-state index in [-0.39, 0.29) is 5.41 Å². The van der Waals surface area contributed by atoms with Gasteiger partial charge in [-0.25, -0.2) is 0 Å². The van der Waals surface area contributed by atoms with Crippen LogP contribution in [0.25, 0.3) is 0 Å². The zero-order valence-electron chi connectivity index (χ0n) is 17.3. The molecule has 2 N–H and O–H groups in total. The molecule has 2 aromatic rings. The molecule has 0 saturated heterocycles. The Labute approximate surface area is 164 Å². The van der Waals surface area contributed by atoms with E-state index >= 15 is 0 Å². The monoisotopic (exact) mass is 366 g/mol. The summed E-state index contributed by atoms with van der Waals surface area (Å²) in [7, 11) is 0. The van der Waals surface area contributed by atoms with Crippen LogP contribution in [0.5, 0.6) is 5.75 Å². The van der Waals surface area contributed by atoms with Crippen LogP contribution in [0, 0.1) is 13.8 Å². The SMILES string of the molecule is CCC(CC)(c1ccc(O)c(C)c1)c1ccc(C2(O)CCCCC2)c(C)c1. The largest absolute Gasteiger partial charge is 0.508 e. The van der Waals surface area contributed by atoms with Gasteiger partial charge in [-0.1, -0.05) is 63.4 Å². The van der Waals surface area contributed by atoms with Gasteiger partial charge in [-0.3, -0.25) is 0 Å². The van der Waals surface area contributed by atoms with Crippen LogP contribution in [-0.2, 0) is 11.0 Å². The molecule has 1 fully saturated rings. The number of aryl methyl sites for hydroxylation is 2. The highest BCUT2D eigenvalue weighted by Crippen LogP contribution is 2.43. The zero-order chi connectivity index (χ0) is 19.7. The predicted octanol–water partition coefficient (Wildman–Crippen LogP) is 6.27. The molecule has 27 heavy (non-hydrogen) atoms. The number of phenols is 1. The van der Waals surface area contributed by atoms with Gasteiger partial charge in [0.15, 0.2) is 0 Å². The number of aromatic hydroxyl groups is 1. The Kier molecular flexibility index (Phi) is 5.67. The highest BCUT2D eigenvalue weighted by Gasteiger charge is 2.35. The molecule has 0 amide bonds. The van der Waals surface area contributed by atoms with Crippen molar-refractivity contribution in [2.24, 2.45) is 0 Å². The topological polar surface area (TPSA) is 40.5 Å². The van der Waals surface area contributed by atoms with Gasteiger partial charge in [0.2, 0.25) is 0 Å². The fraction of sp³-hybridized carbons (Fsp3) is 0.520. The molecule has 1 saturated carbocycles. The van der Waals surface area contributed by atoms with Crippen molar-refractivity contribution in [3.05, 3.63) is 64.2 Å². The summed E-state index contributed by atoms with van der Waals surface area (Å²) in [5.74, 6) is 0.353. The van der Waals surface area contributed by atoms with Crippen LogP contribution in [0.3, 0.4) is 0 Å². The third-order valence-corrected chi connectivity index (χ3v) is 6.92. The van der Waals surface area contributed by atoms with Crippen molar-refractivity contribution in [3.63, 3.8) is 0 Å². The maximum atomic E-state index is 11.2. The average Bonchev–Trinajstić information content (AvgIpc) is 2.66. The minimum absolute atomic E-state index is 0.0725. The lowest BCUT2D eigenvalue weighted by molar-refractivity contribution is -0.00120. The minimum Gasteiger partial charge on any atom is -0.508 e. The van der Waals surface area contributed by atoms with E-state index in [1.165, 1.54) is 23.1 Å². The summed E-state index contributed by atoms with van der Waals surface area (Å²) in [6.07, 6.45) is 7.19. The van der Waals surface area contributed by atoms with Crippen LogP contribution in [-0.4, -0.2) is 10.2 Å². The van der Waals surface area contributed by atoms with E-state index in [2.05, 4.69) is 51.1 Å². The molecule has 0 unspecified atom stereocenters. The molecule has 0 heterocycles. The van der Waals surface area contributed by atoms with Gasteiger partial charge in [0.05, 0.1) is 5.60 Å².